The highest BCUT2D eigenvalue weighted by Gasteiger charge is 2.53. The second kappa shape index (κ2) is 4.02. The van der Waals surface area contributed by atoms with Crippen LogP contribution < -0.4 is 10.6 Å². The van der Waals surface area contributed by atoms with Crippen LogP contribution >= 0.6 is 0 Å². The number of hydrogen-bond donors (Lipinski definition) is 2. The van der Waals surface area contributed by atoms with Crippen molar-refractivity contribution in [2.75, 3.05) is 13.1 Å². The normalized spacial score (nSPS) is 22.9. The van der Waals surface area contributed by atoms with E-state index in [1.807, 2.05) is 0 Å². The number of hydrogen-bond acceptors (Lipinski definition) is 2. The Morgan fingerprint density at radius 2 is 1.94 bits per heavy atom. The minimum atomic E-state index is 0.0189. The molecule has 2 aliphatic rings. The van der Waals surface area contributed by atoms with Crippen molar-refractivity contribution in [3.63, 3.8) is 0 Å². The van der Waals surface area contributed by atoms with E-state index in [1.54, 1.807) is 0 Å². The zero-order valence-corrected chi connectivity index (χ0v) is 10.7. The summed E-state index contributed by atoms with van der Waals surface area (Å²) in [6.45, 7) is 7.57. The zero-order valence-electron chi connectivity index (χ0n) is 10.7. The summed E-state index contributed by atoms with van der Waals surface area (Å²) in [4.78, 5) is 11.6. The first-order valence-electron chi connectivity index (χ1n) is 6.43. The first-order valence-corrected chi connectivity index (χ1v) is 6.43. The molecule has 92 valence electrons. The largest absolute Gasteiger partial charge is 0.354 e. The van der Waals surface area contributed by atoms with Crippen LogP contribution in [0.4, 0.5) is 0 Å². The molecule has 2 N–H and O–H groups in total. The fourth-order valence-electron chi connectivity index (χ4n) is 2.27. The maximum atomic E-state index is 11.6. The molecule has 0 spiro atoms. The first-order chi connectivity index (χ1) is 7.41. The van der Waals surface area contributed by atoms with Crippen LogP contribution in [0.5, 0.6) is 0 Å². The fourth-order valence-corrected chi connectivity index (χ4v) is 2.27. The number of nitrogens with one attached hydrogen (secondary N) is 2. The van der Waals surface area contributed by atoms with Gasteiger partial charge in [-0.25, -0.2) is 0 Å². The molecule has 3 nitrogen and oxygen atoms in total. The lowest BCUT2D eigenvalue weighted by Gasteiger charge is -2.21. The van der Waals surface area contributed by atoms with Crippen molar-refractivity contribution < 1.29 is 4.79 Å². The van der Waals surface area contributed by atoms with E-state index >= 15 is 0 Å². The Bertz CT molecular complexity index is 272. The standard InChI is InChI=1S/C13H24N2O/c1-12(2,3)15-8-11(16)14-9-13(6-7-13)10-4-5-10/h10,15H,4-9H2,1-3H3,(H,14,16). The van der Waals surface area contributed by atoms with Crippen LogP contribution in [0.3, 0.4) is 0 Å². The van der Waals surface area contributed by atoms with Crippen molar-refractivity contribution in [3.8, 4) is 0 Å². The topological polar surface area (TPSA) is 41.1 Å². The molecule has 0 aromatic carbocycles. The fraction of sp³-hybridized carbons (Fsp3) is 0.923. The van der Waals surface area contributed by atoms with Gasteiger partial charge in [-0.1, -0.05) is 0 Å². The molecule has 3 heteroatoms. The molecule has 2 fully saturated rings. The van der Waals surface area contributed by atoms with Crippen LogP contribution in [0.15, 0.2) is 0 Å². The second-order valence-corrected chi connectivity index (χ2v) is 6.52. The van der Waals surface area contributed by atoms with Gasteiger partial charge in [-0.3, -0.25) is 4.79 Å². The van der Waals surface area contributed by atoms with Crippen molar-refractivity contribution in [1.82, 2.24) is 10.6 Å². The Labute approximate surface area is 98.4 Å². The van der Waals surface area contributed by atoms with Gasteiger partial charge in [0, 0.05) is 12.1 Å². The highest BCUT2D eigenvalue weighted by molar-refractivity contribution is 5.78. The van der Waals surface area contributed by atoms with E-state index in [1.165, 1.54) is 25.7 Å². The highest BCUT2D eigenvalue weighted by Crippen LogP contribution is 2.60. The quantitative estimate of drug-likeness (QED) is 0.746. The predicted molar refractivity (Wildman–Crippen MR) is 65.2 cm³/mol. The molecule has 16 heavy (non-hydrogen) atoms. The monoisotopic (exact) mass is 224 g/mol. The van der Waals surface area contributed by atoms with Gasteiger partial charge in [0.2, 0.25) is 5.91 Å². The van der Waals surface area contributed by atoms with Crippen molar-refractivity contribution in [2.45, 2.75) is 52.0 Å². The zero-order chi connectivity index (χ0) is 11.8. The smallest absolute Gasteiger partial charge is 0.233 e. The van der Waals surface area contributed by atoms with Gasteiger partial charge in [-0.15, -0.1) is 0 Å². The third-order valence-electron chi connectivity index (χ3n) is 3.75. The van der Waals surface area contributed by atoms with Gasteiger partial charge < -0.3 is 10.6 Å². The van der Waals surface area contributed by atoms with Gasteiger partial charge in [-0.05, 0) is 57.8 Å². The molecule has 0 aromatic heterocycles. The van der Waals surface area contributed by atoms with Crippen molar-refractivity contribution in [2.24, 2.45) is 11.3 Å². The SMILES string of the molecule is CC(C)(C)NCC(=O)NCC1(C2CC2)CC1. The Morgan fingerprint density at radius 1 is 1.31 bits per heavy atom. The van der Waals surface area contributed by atoms with Gasteiger partial charge in [0.1, 0.15) is 0 Å². The van der Waals surface area contributed by atoms with E-state index in [4.69, 9.17) is 0 Å². The average Bonchev–Trinajstić information content (AvgIpc) is 2.98. The van der Waals surface area contributed by atoms with Crippen LogP contribution in [0.25, 0.3) is 0 Å². The maximum absolute atomic E-state index is 11.6. The first kappa shape index (κ1) is 11.9. The van der Waals surface area contributed by atoms with Gasteiger partial charge >= 0.3 is 0 Å². The summed E-state index contributed by atoms with van der Waals surface area (Å²) in [7, 11) is 0. The molecular weight excluding hydrogens is 200 g/mol. The van der Waals surface area contributed by atoms with Gasteiger partial charge in [0.15, 0.2) is 0 Å². The van der Waals surface area contributed by atoms with Crippen LogP contribution in [0, 0.1) is 11.3 Å². The maximum Gasteiger partial charge on any atom is 0.233 e. The van der Waals surface area contributed by atoms with Crippen LogP contribution in [0.2, 0.25) is 0 Å². The molecule has 2 rings (SSSR count). The lowest BCUT2D eigenvalue weighted by Crippen LogP contribution is -2.44. The molecule has 0 atom stereocenters. The lowest BCUT2D eigenvalue weighted by molar-refractivity contribution is -0.120. The minimum Gasteiger partial charge on any atom is -0.354 e. The molecule has 2 saturated carbocycles. The van der Waals surface area contributed by atoms with E-state index in [0.717, 1.165) is 12.5 Å². The summed E-state index contributed by atoms with van der Waals surface area (Å²) in [5, 5.41) is 6.29. The van der Waals surface area contributed by atoms with Crippen molar-refractivity contribution in [3.05, 3.63) is 0 Å². The van der Waals surface area contributed by atoms with Crippen molar-refractivity contribution >= 4 is 5.91 Å². The van der Waals surface area contributed by atoms with E-state index in [2.05, 4.69) is 31.4 Å². The summed E-state index contributed by atoms with van der Waals surface area (Å²) in [6.07, 6.45) is 5.42. The molecular formula is C13H24N2O. The predicted octanol–water partition coefficient (Wildman–Crippen LogP) is 1.68. The van der Waals surface area contributed by atoms with E-state index in [9.17, 15) is 4.79 Å². The Balaban J connectivity index is 1.64. The van der Waals surface area contributed by atoms with E-state index in [-0.39, 0.29) is 11.4 Å². The van der Waals surface area contributed by atoms with Crippen LogP contribution in [0.1, 0.15) is 46.5 Å². The van der Waals surface area contributed by atoms with Crippen LogP contribution in [-0.2, 0) is 4.79 Å². The number of carbonyl (C=O) groups is 1. The van der Waals surface area contributed by atoms with Crippen LogP contribution in [-0.4, -0.2) is 24.5 Å². The molecule has 2 aliphatic carbocycles. The van der Waals surface area contributed by atoms with Gasteiger partial charge in [-0.2, -0.15) is 0 Å². The molecule has 0 radical (unpaired) electrons. The molecule has 0 bridgehead atoms. The summed E-state index contributed by atoms with van der Waals surface area (Å²) in [5.74, 6) is 1.06. The third-order valence-corrected chi connectivity index (χ3v) is 3.75. The molecule has 0 saturated heterocycles. The third kappa shape index (κ3) is 3.21. The summed E-state index contributed by atoms with van der Waals surface area (Å²) in [6, 6.07) is 0. The van der Waals surface area contributed by atoms with E-state index in [0.29, 0.717) is 12.0 Å². The number of rotatable bonds is 5. The Morgan fingerprint density at radius 3 is 2.38 bits per heavy atom. The molecule has 0 heterocycles. The van der Waals surface area contributed by atoms with E-state index < -0.39 is 0 Å². The minimum absolute atomic E-state index is 0.0189. The molecule has 0 aromatic rings. The lowest BCUT2D eigenvalue weighted by atomic mass is 10.0. The Kier molecular flexibility index (Phi) is 2.99. The number of amides is 1. The van der Waals surface area contributed by atoms with Gasteiger partial charge in [0.05, 0.1) is 6.54 Å². The van der Waals surface area contributed by atoms with Gasteiger partial charge in [0.25, 0.3) is 0 Å². The molecule has 0 unspecified atom stereocenters. The number of carbonyl (C=O) groups excluding carboxylic acids is 1. The summed E-state index contributed by atoms with van der Waals surface area (Å²) in [5.41, 5.74) is 0.530. The average molecular weight is 224 g/mol. The summed E-state index contributed by atoms with van der Waals surface area (Å²) < 4.78 is 0. The van der Waals surface area contributed by atoms with Crippen molar-refractivity contribution in [1.29, 1.82) is 0 Å². The molecule has 1 amide bonds. The highest BCUT2D eigenvalue weighted by atomic mass is 16.1. The Hall–Kier alpha value is -0.570. The second-order valence-electron chi connectivity index (χ2n) is 6.52. The summed E-state index contributed by atoms with van der Waals surface area (Å²) >= 11 is 0. The molecule has 0 aliphatic heterocycles.